The number of hydrogen-bond acceptors (Lipinski definition) is 4. The van der Waals surface area contributed by atoms with E-state index in [1.165, 1.54) is 11.3 Å². The molecule has 0 fully saturated rings. The highest BCUT2D eigenvalue weighted by atomic mass is 32.2. The summed E-state index contributed by atoms with van der Waals surface area (Å²) in [6.45, 7) is 6.11. The molecule has 1 atom stereocenters. The normalized spacial score (nSPS) is 13.6. The summed E-state index contributed by atoms with van der Waals surface area (Å²) in [7, 11) is 0. The monoisotopic (exact) mass is 300 g/mol. The van der Waals surface area contributed by atoms with Crippen molar-refractivity contribution in [2.75, 3.05) is 24.6 Å². The molecule has 1 unspecified atom stereocenters. The third-order valence-electron chi connectivity index (χ3n) is 2.50. The smallest absolute Gasteiger partial charge is 0.314 e. The largest absolute Gasteiger partial charge is 0.384 e. The molecule has 0 spiro atoms. The molecule has 19 heavy (non-hydrogen) atoms. The van der Waals surface area contributed by atoms with Gasteiger partial charge in [0, 0.05) is 18.1 Å². The van der Waals surface area contributed by atoms with E-state index in [-0.39, 0.29) is 12.6 Å². The number of carbonyl (C=O) groups excluding carboxylic acids is 1. The van der Waals surface area contributed by atoms with Gasteiger partial charge in [0.25, 0.3) is 0 Å². The number of rotatable bonds is 8. The third kappa shape index (κ3) is 6.13. The van der Waals surface area contributed by atoms with E-state index in [1.54, 1.807) is 18.7 Å². The van der Waals surface area contributed by atoms with Crippen molar-refractivity contribution in [1.82, 2.24) is 10.6 Å². The Hall–Kier alpha value is -0.980. The fourth-order valence-corrected chi connectivity index (χ4v) is 2.75. The molecular formula is C13H20N2O2S2. The van der Waals surface area contributed by atoms with Crippen LogP contribution in [0.4, 0.5) is 4.79 Å². The highest BCUT2D eigenvalue weighted by Gasteiger charge is 2.23. The van der Waals surface area contributed by atoms with Crippen molar-refractivity contribution in [2.45, 2.75) is 12.5 Å². The average molecular weight is 300 g/mol. The predicted octanol–water partition coefficient (Wildman–Crippen LogP) is 2.17. The van der Waals surface area contributed by atoms with E-state index in [1.807, 2.05) is 22.9 Å². The molecule has 0 aliphatic rings. The second-order valence-electron chi connectivity index (χ2n) is 4.26. The quantitative estimate of drug-likeness (QED) is 0.509. The van der Waals surface area contributed by atoms with E-state index in [2.05, 4.69) is 17.2 Å². The Bertz CT molecular complexity index is 391. The first-order valence-corrected chi connectivity index (χ1v) is 8.11. The van der Waals surface area contributed by atoms with Crippen molar-refractivity contribution in [3.63, 3.8) is 0 Å². The number of thioether (sulfide) groups is 1. The molecule has 0 aromatic carbocycles. The molecular weight excluding hydrogens is 280 g/mol. The van der Waals surface area contributed by atoms with Crippen LogP contribution < -0.4 is 10.6 Å². The fourth-order valence-electron chi connectivity index (χ4n) is 1.39. The molecule has 6 heteroatoms. The van der Waals surface area contributed by atoms with Crippen molar-refractivity contribution in [3.8, 4) is 0 Å². The summed E-state index contributed by atoms with van der Waals surface area (Å²) in [5, 5.41) is 19.4. The second kappa shape index (κ2) is 8.24. The van der Waals surface area contributed by atoms with Crippen LogP contribution in [0.25, 0.3) is 0 Å². The first-order valence-electron chi connectivity index (χ1n) is 6.01. The summed E-state index contributed by atoms with van der Waals surface area (Å²) in [6, 6.07) is 1.60. The zero-order chi connectivity index (χ0) is 14.1. The van der Waals surface area contributed by atoms with Gasteiger partial charge in [-0.1, -0.05) is 6.08 Å². The van der Waals surface area contributed by atoms with Gasteiger partial charge in [-0.2, -0.15) is 23.1 Å². The number of hydrogen-bond donors (Lipinski definition) is 3. The third-order valence-corrected chi connectivity index (χ3v) is 4.15. The maximum atomic E-state index is 11.5. The van der Waals surface area contributed by atoms with Crippen molar-refractivity contribution < 1.29 is 9.90 Å². The minimum Gasteiger partial charge on any atom is -0.384 e. The number of aliphatic hydroxyl groups is 1. The number of amides is 2. The second-order valence-corrected chi connectivity index (χ2v) is 6.19. The lowest BCUT2D eigenvalue weighted by molar-refractivity contribution is 0.0598. The van der Waals surface area contributed by atoms with Gasteiger partial charge in [0.2, 0.25) is 0 Å². The van der Waals surface area contributed by atoms with Crippen LogP contribution in [0, 0.1) is 0 Å². The van der Waals surface area contributed by atoms with Crippen LogP contribution in [-0.2, 0) is 5.60 Å². The Labute approximate surface area is 122 Å². The lowest BCUT2D eigenvalue weighted by Crippen LogP contribution is -2.43. The lowest BCUT2D eigenvalue weighted by atomic mass is 9.99. The molecule has 4 nitrogen and oxygen atoms in total. The van der Waals surface area contributed by atoms with Gasteiger partial charge in [-0.05, 0) is 29.3 Å². The van der Waals surface area contributed by atoms with E-state index < -0.39 is 5.60 Å². The first kappa shape index (κ1) is 16.1. The Morgan fingerprint density at radius 2 is 2.42 bits per heavy atom. The highest BCUT2D eigenvalue weighted by molar-refractivity contribution is 7.99. The first-order chi connectivity index (χ1) is 9.06. The van der Waals surface area contributed by atoms with Crippen LogP contribution in [0.2, 0.25) is 0 Å². The van der Waals surface area contributed by atoms with Gasteiger partial charge < -0.3 is 15.7 Å². The molecule has 0 saturated heterocycles. The maximum Gasteiger partial charge on any atom is 0.314 e. The molecule has 0 aliphatic heterocycles. The van der Waals surface area contributed by atoms with E-state index in [4.69, 9.17) is 0 Å². The van der Waals surface area contributed by atoms with Crippen molar-refractivity contribution >= 4 is 29.1 Å². The van der Waals surface area contributed by atoms with Crippen LogP contribution in [0.15, 0.2) is 29.5 Å². The molecule has 3 N–H and O–H groups in total. The molecule has 2 amide bonds. The van der Waals surface area contributed by atoms with Crippen LogP contribution in [0.5, 0.6) is 0 Å². The molecule has 0 radical (unpaired) electrons. The molecule has 106 valence electrons. The van der Waals surface area contributed by atoms with Crippen molar-refractivity contribution in [2.24, 2.45) is 0 Å². The van der Waals surface area contributed by atoms with Gasteiger partial charge in [-0.15, -0.1) is 6.58 Å². The average Bonchev–Trinajstić information content (AvgIpc) is 2.91. The van der Waals surface area contributed by atoms with Gasteiger partial charge in [0.05, 0.1) is 6.54 Å². The van der Waals surface area contributed by atoms with Crippen molar-refractivity contribution in [3.05, 3.63) is 35.0 Å². The molecule has 1 aromatic heterocycles. The van der Waals surface area contributed by atoms with E-state index in [0.717, 1.165) is 17.1 Å². The van der Waals surface area contributed by atoms with E-state index >= 15 is 0 Å². The highest BCUT2D eigenvalue weighted by Crippen LogP contribution is 2.21. The maximum absolute atomic E-state index is 11.5. The molecule has 0 bridgehead atoms. The molecule has 1 aromatic rings. The summed E-state index contributed by atoms with van der Waals surface area (Å²) < 4.78 is 0. The molecule has 0 aliphatic carbocycles. The van der Waals surface area contributed by atoms with Gasteiger partial charge in [0.15, 0.2) is 0 Å². The Morgan fingerprint density at radius 3 is 3.05 bits per heavy atom. The van der Waals surface area contributed by atoms with E-state index in [0.29, 0.717) is 6.54 Å². The zero-order valence-electron chi connectivity index (χ0n) is 11.0. The van der Waals surface area contributed by atoms with Crippen LogP contribution in [0.3, 0.4) is 0 Å². The van der Waals surface area contributed by atoms with Gasteiger partial charge in [0.1, 0.15) is 5.60 Å². The predicted molar refractivity (Wildman–Crippen MR) is 82.8 cm³/mol. The molecule has 1 heterocycles. The summed E-state index contributed by atoms with van der Waals surface area (Å²) >= 11 is 3.23. The van der Waals surface area contributed by atoms with Gasteiger partial charge >= 0.3 is 6.03 Å². The minimum absolute atomic E-state index is 0.190. The van der Waals surface area contributed by atoms with E-state index in [9.17, 15) is 9.90 Å². The summed E-state index contributed by atoms with van der Waals surface area (Å²) in [4.78, 5) is 11.5. The number of nitrogens with one attached hydrogen (secondary N) is 2. The van der Waals surface area contributed by atoms with Crippen LogP contribution in [0.1, 0.15) is 12.5 Å². The molecule has 1 rings (SSSR count). The summed E-state index contributed by atoms with van der Waals surface area (Å²) in [6.07, 6.45) is 1.84. The zero-order valence-corrected chi connectivity index (χ0v) is 12.6. The fraction of sp³-hybridized carbons (Fsp3) is 0.462. The Morgan fingerprint density at radius 1 is 1.63 bits per heavy atom. The summed E-state index contributed by atoms with van der Waals surface area (Å²) in [5.74, 6) is 1.73. The van der Waals surface area contributed by atoms with Gasteiger partial charge in [-0.3, -0.25) is 0 Å². The van der Waals surface area contributed by atoms with Gasteiger partial charge in [-0.25, -0.2) is 4.79 Å². The number of carbonyl (C=O) groups is 1. The van der Waals surface area contributed by atoms with Crippen LogP contribution >= 0.6 is 23.1 Å². The number of urea groups is 1. The summed E-state index contributed by atoms with van der Waals surface area (Å²) in [5.41, 5.74) is -0.214. The van der Waals surface area contributed by atoms with Crippen LogP contribution in [-0.4, -0.2) is 35.7 Å². The lowest BCUT2D eigenvalue weighted by Gasteiger charge is -2.22. The minimum atomic E-state index is -1.03. The topological polar surface area (TPSA) is 61.4 Å². The Balaban J connectivity index is 2.21. The SMILES string of the molecule is C=CCSCCNC(=O)NCC(C)(O)c1ccsc1. The molecule has 0 saturated carbocycles. The standard InChI is InChI=1S/C13H20N2O2S2/c1-3-6-18-8-5-14-12(16)15-10-13(2,17)11-4-7-19-9-11/h3-4,7,9,17H,1,5-6,8,10H2,2H3,(H2,14,15,16). The number of thiophene rings is 1. The van der Waals surface area contributed by atoms with Crippen molar-refractivity contribution in [1.29, 1.82) is 0 Å². The Kier molecular flexibility index (Phi) is 6.97.